The molecule has 0 spiro atoms. The molecule has 1 heterocycles. The van der Waals surface area contributed by atoms with E-state index in [0.717, 1.165) is 23.8 Å². The van der Waals surface area contributed by atoms with E-state index in [-0.39, 0.29) is 16.1 Å². The molecule has 0 amide bonds. The first-order chi connectivity index (χ1) is 9.76. The molecule has 118 valence electrons. The Labute approximate surface area is 126 Å². The fourth-order valence-electron chi connectivity index (χ4n) is 2.43. The molecule has 2 rings (SSSR count). The van der Waals surface area contributed by atoms with Gasteiger partial charge in [-0.3, -0.25) is 0 Å². The van der Waals surface area contributed by atoms with E-state index in [0.29, 0.717) is 12.3 Å². The second-order valence-corrected chi connectivity index (χ2v) is 7.97. The van der Waals surface area contributed by atoms with Crippen LogP contribution < -0.4 is 11.1 Å². The minimum Gasteiger partial charge on any atom is -0.396 e. The number of anilines is 2. The summed E-state index contributed by atoms with van der Waals surface area (Å²) in [5, 5.41) is 3.34. The fraction of sp³-hybridized carbons (Fsp3) is 0.571. The van der Waals surface area contributed by atoms with Crippen molar-refractivity contribution in [1.29, 1.82) is 0 Å². The van der Waals surface area contributed by atoms with Gasteiger partial charge in [0.2, 0.25) is 10.0 Å². The van der Waals surface area contributed by atoms with Crippen LogP contribution in [0.15, 0.2) is 23.1 Å². The van der Waals surface area contributed by atoms with Crippen LogP contribution in [0.1, 0.15) is 19.8 Å². The number of rotatable bonds is 4. The lowest BCUT2D eigenvalue weighted by Gasteiger charge is -2.35. The molecule has 1 atom stereocenters. The lowest BCUT2D eigenvalue weighted by atomic mass is 9.94. The van der Waals surface area contributed by atoms with E-state index in [1.807, 2.05) is 0 Å². The zero-order valence-corrected chi connectivity index (χ0v) is 13.5. The lowest BCUT2D eigenvalue weighted by Crippen LogP contribution is -2.43. The maximum atomic E-state index is 12.3. The van der Waals surface area contributed by atoms with Crippen molar-refractivity contribution in [3.63, 3.8) is 0 Å². The van der Waals surface area contributed by atoms with Gasteiger partial charge in [-0.1, -0.05) is 6.07 Å². The Morgan fingerprint density at radius 2 is 2.10 bits per heavy atom. The van der Waals surface area contributed by atoms with Gasteiger partial charge in [0, 0.05) is 20.7 Å². The number of hydrogen-bond acceptors (Lipinski definition) is 5. The number of hydrogen-bond donors (Lipinski definition) is 2. The molecule has 6 nitrogen and oxygen atoms in total. The summed E-state index contributed by atoms with van der Waals surface area (Å²) in [6.07, 6.45) is 1.93. The van der Waals surface area contributed by atoms with Gasteiger partial charge >= 0.3 is 0 Å². The molecule has 1 aliphatic heterocycles. The lowest BCUT2D eigenvalue weighted by molar-refractivity contribution is 0.0540. The standard InChI is InChI=1S/C14H23N3O3S/c1-14(8-5-9-20-10-14)16-11-6-4-7-12(13(11)15)21(18,19)17(2)3/h4,6-7,16H,5,8-10,15H2,1-3H3. The second-order valence-electron chi connectivity index (χ2n) is 5.85. The molecule has 0 aliphatic carbocycles. The zero-order chi connectivity index (χ0) is 15.7. The fourth-order valence-corrected chi connectivity index (χ4v) is 3.46. The summed E-state index contributed by atoms with van der Waals surface area (Å²) < 4.78 is 31.2. The molecule has 1 saturated heterocycles. The zero-order valence-electron chi connectivity index (χ0n) is 12.7. The molecule has 0 saturated carbocycles. The SMILES string of the molecule is CN(C)S(=O)(=O)c1cccc(NC2(C)CCCOC2)c1N. The monoisotopic (exact) mass is 313 g/mol. The van der Waals surface area contributed by atoms with E-state index in [9.17, 15) is 8.42 Å². The molecular weight excluding hydrogens is 290 g/mol. The number of ether oxygens (including phenoxy) is 1. The molecule has 1 fully saturated rings. The number of nitrogens with one attached hydrogen (secondary N) is 1. The van der Waals surface area contributed by atoms with Crippen LogP contribution in [0.4, 0.5) is 11.4 Å². The molecule has 1 aromatic rings. The topological polar surface area (TPSA) is 84.7 Å². The summed E-state index contributed by atoms with van der Waals surface area (Å²) in [5.74, 6) is 0. The number of nitrogens with zero attached hydrogens (tertiary/aromatic N) is 1. The van der Waals surface area contributed by atoms with Crippen LogP contribution in [0.5, 0.6) is 0 Å². The van der Waals surface area contributed by atoms with Gasteiger partial charge in [-0.25, -0.2) is 12.7 Å². The third kappa shape index (κ3) is 3.30. The van der Waals surface area contributed by atoms with E-state index >= 15 is 0 Å². The van der Waals surface area contributed by atoms with Crippen LogP contribution >= 0.6 is 0 Å². The minimum atomic E-state index is -3.55. The normalized spacial score (nSPS) is 23.2. The number of nitrogen functional groups attached to an aromatic ring is 1. The molecule has 0 radical (unpaired) electrons. The minimum absolute atomic E-state index is 0.123. The Kier molecular flexibility index (Phi) is 4.46. The van der Waals surface area contributed by atoms with Gasteiger partial charge in [-0.2, -0.15) is 0 Å². The summed E-state index contributed by atoms with van der Waals surface area (Å²) >= 11 is 0. The summed E-state index contributed by atoms with van der Waals surface area (Å²) in [5.41, 5.74) is 6.72. The van der Waals surface area contributed by atoms with Crippen molar-refractivity contribution in [3.05, 3.63) is 18.2 Å². The Balaban J connectivity index is 2.34. The van der Waals surface area contributed by atoms with Gasteiger partial charge in [0.15, 0.2) is 0 Å². The average molecular weight is 313 g/mol. The first-order valence-corrected chi connectivity index (χ1v) is 8.37. The number of sulfonamides is 1. The van der Waals surface area contributed by atoms with E-state index in [4.69, 9.17) is 10.5 Å². The largest absolute Gasteiger partial charge is 0.396 e. The smallest absolute Gasteiger partial charge is 0.244 e. The van der Waals surface area contributed by atoms with Gasteiger partial charge < -0.3 is 15.8 Å². The Bertz CT molecular complexity index is 608. The van der Waals surface area contributed by atoms with Crippen molar-refractivity contribution in [2.24, 2.45) is 0 Å². The summed E-state index contributed by atoms with van der Waals surface area (Å²) in [4.78, 5) is 0.123. The molecule has 21 heavy (non-hydrogen) atoms. The Hall–Kier alpha value is -1.31. The first-order valence-electron chi connectivity index (χ1n) is 6.93. The van der Waals surface area contributed by atoms with Crippen LogP contribution in [0, 0.1) is 0 Å². The molecule has 7 heteroatoms. The van der Waals surface area contributed by atoms with Crippen molar-refractivity contribution in [3.8, 4) is 0 Å². The second kappa shape index (κ2) is 5.82. The first kappa shape index (κ1) is 16.1. The molecular formula is C14H23N3O3S. The molecule has 1 aliphatic rings. The van der Waals surface area contributed by atoms with E-state index in [1.165, 1.54) is 20.2 Å². The molecule has 1 aromatic carbocycles. The van der Waals surface area contributed by atoms with Crippen molar-refractivity contribution < 1.29 is 13.2 Å². The van der Waals surface area contributed by atoms with Gasteiger partial charge in [0.1, 0.15) is 4.90 Å². The predicted molar refractivity (Wildman–Crippen MR) is 83.8 cm³/mol. The van der Waals surface area contributed by atoms with Crippen LogP contribution in [0.3, 0.4) is 0 Å². The maximum Gasteiger partial charge on any atom is 0.244 e. The van der Waals surface area contributed by atoms with Crippen molar-refractivity contribution in [2.45, 2.75) is 30.2 Å². The van der Waals surface area contributed by atoms with Crippen LogP contribution in [-0.4, -0.2) is 45.6 Å². The Morgan fingerprint density at radius 1 is 1.38 bits per heavy atom. The van der Waals surface area contributed by atoms with E-state index in [2.05, 4.69) is 12.2 Å². The van der Waals surface area contributed by atoms with Crippen LogP contribution in [0.2, 0.25) is 0 Å². The van der Waals surface area contributed by atoms with Gasteiger partial charge in [-0.15, -0.1) is 0 Å². The number of benzene rings is 1. The van der Waals surface area contributed by atoms with Gasteiger partial charge in [0.25, 0.3) is 0 Å². The number of para-hydroxylation sites is 1. The van der Waals surface area contributed by atoms with E-state index in [1.54, 1.807) is 12.1 Å². The van der Waals surface area contributed by atoms with Crippen molar-refractivity contribution in [2.75, 3.05) is 38.4 Å². The van der Waals surface area contributed by atoms with Crippen molar-refractivity contribution >= 4 is 21.4 Å². The number of nitrogens with two attached hydrogens (primary N) is 1. The third-order valence-electron chi connectivity index (χ3n) is 3.70. The highest BCUT2D eigenvalue weighted by atomic mass is 32.2. The van der Waals surface area contributed by atoms with Gasteiger partial charge in [-0.05, 0) is 31.9 Å². The summed E-state index contributed by atoms with van der Waals surface area (Å²) in [7, 11) is -0.571. The Morgan fingerprint density at radius 3 is 2.67 bits per heavy atom. The molecule has 0 aromatic heterocycles. The highest BCUT2D eigenvalue weighted by Gasteiger charge is 2.29. The molecule has 1 unspecified atom stereocenters. The predicted octanol–water partition coefficient (Wildman–Crippen LogP) is 1.50. The summed E-state index contributed by atoms with van der Waals surface area (Å²) in [6, 6.07) is 5.02. The molecule has 0 bridgehead atoms. The summed E-state index contributed by atoms with van der Waals surface area (Å²) in [6.45, 7) is 3.40. The van der Waals surface area contributed by atoms with Gasteiger partial charge in [0.05, 0.1) is 23.5 Å². The highest BCUT2D eigenvalue weighted by Crippen LogP contribution is 2.32. The quantitative estimate of drug-likeness (QED) is 0.823. The van der Waals surface area contributed by atoms with Crippen LogP contribution in [0.25, 0.3) is 0 Å². The van der Waals surface area contributed by atoms with Crippen LogP contribution in [-0.2, 0) is 14.8 Å². The highest BCUT2D eigenvalue weighted by molar-refractivity contribution is 7.89. The van der Waals surface area contributed by atoms with E-state index < -0.39 is 10.0 Å². The maximum absolute atomic E-state index is 12.3. The van der Waals surface area contributed by atoms with Crippen molar-refractivity contribution in [1.82, 2.24) is 4.31 Å². The average Bonchev–Trinajstić information content (AvgIpc) is 2.41. The molecule has 3 N–H and O–H groups in total. The third-order valence-corrected chi connectivity index (χ3v) is 5.57.